The topological polar surface area (TPSA) is 89.2 Å². The first-order valence-electron chi connectivity index (χ1n) is 9.91. The number of nitrogens with zero attached hydrogens (tertiary/aromatic N) is 1. The van der Waals surface area contributed by atoms with E-state index < -0.39 is 17.7 Å². The number of aliphatic hydroxyl groups excluding tert-OH is 1. The number of halogens is 1. The number of aryl methyl sites for hydroxylation is 1. The molecule has 0 bridgehead atoms. The molecular formula is C24H18BrNO6. The van der Waals surface area contributed by atoms with E-state index in [1.807, 2.05) is 13.0 Å². The molecule has 1 atom stereocenters. The van der Waals surface area contributed by atoms with Gasteiger partial charge in [-0.2, -0.15) is 0 Å². The number of hydrogen-bond donors (Lipinski definition) is 1. The first-order valence-corrected chi connectivity index (χ1v) is 10.7. The van der Waals surface area contributed by atoms with Gasteiger partial charge in [-0.25, -0.2) is 0 Å². The minimum absolute atomic E-state index is 0.00702. The van der Waals surface area contributed by atoms with E-state index >= 15 is 0 Å². The predicted molar refractivity (Wildman–Crippen MR) is 118 cm³/mol. The van der Waals surface area contributed by atoms with E-state index in [0.717, 1.165) is 15.6 Å². The van der Waals surface area contributed by atoms with Gasteiger partial charge < -0.3 is 23.9 Å². The third-order valence-electron chi connectivity index (χ3n) is 5.57. The SMILES string of the molecule is Cc1cc(/C(O)=C2/C(=O)C(=O)N(Cc3ccc4c(c3)OCO4)C2c2ccco2)ccc1Br. The average molecular weight is 496 g/mol. The van der Waals surface area contributed by atoms with Crippen LogP contribution in [0, 0.1) is 6.92 Å². The normalized spacial score (nSPS) is 19.1. The van der Waals surface area contributed by atoms with Crippen LogP contribution in [0.25, 0.3) is 5.76 Å². The number of benzene rings is 2. The number of fused-ring (bicyclic) bond motifs is 1. The van der Waals surface area contributed by atoms with Crippen LogP contribution < -0.4 is 9.47 Å². The number of amides is 1. The Labute approximate surface area is 192 Å². The Bertz CT molecular complexity index is 1260. The molecule has 32 heavy (non-hydrogen) atoms. The summed E-state index contributed by atoms with van der Waals surface area (Å²) in [7, 11) is 0. The molecule has 0 aliphatic carbocycles. The molecule has 1 N–H and O–H groups in total. The molecule has 5 rings (SSSR count). The van der Waals surface area contributed by atoms with Crippen molar-refractivity contribution in [3.8, 4) is 11.5 Å². The van der Waals surface area contributed by atoms with Crippen LogP contribution in [0.2, 0.25) is 0 Å². The fourth-order valence-electron chi connectivity index (χ4n) is 3.97. The third-order valence-corrected chi connectivity index (χ3v) is 6.46. The lowest BCUT2D eigenvalue weighted by atomic mass is 9.98. The van der Waals surface area contributed by atoms with E-state index in [0.29, 0.717) is 22.8 Å². The molecule has 1 saturated heterocycles. The maximum Gasteiger partial charge on any atom is 0.296 e. The summed E-state index contributed by atoms with van der Waals surface area (Å²) in [5, 5.41) is 11.1. The van der Waals surface area contributed by atoms with E-state index in [9.17, 15) is 14.7 Å². The second-order valence-corrected chi connectivity index (χ2v) is 8.45. The van der Waals surface area contributed by atoms with Crippen molar-refractivity contribution in [2.75, 3.05) is 6.79 Å². The zero-order valence-corrected chi connectivity index (χ0v) is 18.6. The van der Waals surface area contributed by atoms with Crippen LogP contribution in [-0.2, 0) is 16.1 Å². The second kappa shape index (κ2) is 7.87. The molecule has 0 saturated carbocycles. The van der Waals surface area contributed by atoms with Crippen LogP contribution >= 0.6 is 15.9 Å². The highest BCUT2D eigenvalue weighted by atomic mass is 79.9. The minimum atomic E-state index is -0.862. The van der Waals surface area contributed by atoms with Crippen molar-refractivity contribution in [3.05, 3.63) is 87.3 Å². The highest BCUT2D eigenvalue weighted by Gasteiger charge is 2.47. The van der Waals surface area contributed by atoms with Crippen molar-refractivity contribution >= 4 is 33.4 Å². The number of ketones is 1. The maximum absolute atomic E-state index is 13.1. The molecule has 0 spiro atoms. The maximum atomic E-state index is 13.1. The van der Waals surface area contributed by atoms with E-state index in [4.69, 9.17) is 13.9 Å². The van der Waals surface area contributed by atoms with Gasteiger partial charge in [0.1, 0.15) is 17.6 Å². The summed E-state index contributed by atoms with van der Waals surface area (Å²) in [4.78, 5) is 27.5. The Hall–Kier alpha value is -3.52. The molecule has 2 aromatic carbocycles. The average Bonchev–Trinajstić information content (AvgIpc) is 3.52. The summed E-state index contributed by atoms with van der Waals surface area (Å²) in [6.45, 7) is 2.15. The van der Waals surface area contributed by atoms with Crippen molar-refractivity contribution in [1.29, 1.82) is 0 Å². The van der Waals surface area contributed by atoms with Crippen LogP contribution in [0.5, 0.6) is 11.5 Å². The fraction of sp³-hybridized carbons (Fsp3) is 0.167. The van der Waals surface area contributed by atoms with E-state index in [2.05, 4.69) is 15.9 Å². The first kappa shape index (κ1) is 20.4. The minimum Gasteiger partial charge on any atom is -0.507 e. The van der Waals surface area contributed by atoms with E-state index in [-0.39, 0.29) is 24.7 Å². The Balaban J connectivity index is 1.59. The molecule has 3 heterocycles. The van der Waals surface area contributed by atoms with Gasteiger partial charge in [0.25, 0.3) is 11.7 Å². The van der Waals surface area contributed by atoms with Crippen molar-refractivity contribution in [2.24, 2.45) is 0 Å². The number of rotatable bonds is 4. The number of aliphatic hydroxyl groups is 1. The zero-order valence-electron chi connectivity index (χ0n) is 17.0. The van der Waals surface area contributed by atoms with Gasteiger partial charge >= 0.3 is 0 Å². The molecule has 7 nitrogen and oxygen atoms in total. The summed E-state index contributed by atoms with van der Waals surface area (Å²) < 4.78 is 17.2. The van der Waals surface area contributed by atoms with Gasteiger partial charge in [-0.1, -0.05) is 28.1 Å². The molecule has 3 aromatic rings. The Morgan fingerprint density at radius 2 is 1.94 bits per heavy atom. The number of ether oxygens (including phenoxy) is 2. The molecule has 1 fully saturated rings. The highest BCUT2D eigenvalue weighted by molar-refractivity contribution is 9.10. The number of carbonyl (C=O) groups excluding carboxylic acids is 2. The van der Waals surface area contributed by atoms with Gasteiger partial charge in [-0.3, -0.25) is 9.59 Å². The second-order valence-electron chi connectivity index (χ2n) is 7.59. The van der Waals surface area contributed by atoms with Crippen molar-refractivity contribution in [2.45, 2.75) is 19.5 Å². The molecule has 2 aliphatic rings. The smallest absolute Gasteiger partial charge is 0.296 e. The largest absolute Gasteiger partial charge is 0.507 e. The quantitative estimate of drug-likeness (QED) is 0.320. The highest BCUT2D eigenvalue weighted by Crippen LogP contribution is 2.41. The van der Waals surface area contributed by atoms with Crippen LogP contribution in [0.3, 0.4) is 0 Å². The Morgan fingerprint density at radius 1 is 1.12 bits per heavy atom. The zero-order chi connectivity index (χ0) is 22.4. The lowest BCUT2D eigenvalue weighted by Crippen LogP contribution is -2.29. The predicted octanol–water partition coefficient (Wildman–Crippen LogP) is 4.70. The van der Waals surface area contributed by atoms with E-state index in [1.54, 1.807) is 42.5 Å². The summed E-state index contributed by atoms with van der Waals surface area (Å²) in [6.07, 6.45) is 1.47. The Kier molecular flexibility index (Phi) is 5.01. The lowest BCUT2D eigenvalue weighted by molar-refractivity contribution is -0.140. The van der Waals surface area contributed by atoms with Crippen LogP contribution in [0.4, 0.5) is 0 Å². The lowest BCUT2D eigenvalue weighted by Gasteiger charge is -2.23. The van der Waals surface area contributed by atoms with Crippen molar-refractivity contribution in [3.63, 3.8) is 0 Å². The molecule has 162 valence electrons. The molecule has 1 amide bonds. The number of Topliss-reactive ketones (excluding diaryl/α,β-unsaturated/α-hetero) is 1. The van der Waals surface area contributed by atoms with Crippen molar-refractivity contribution < 1.29 is 28.6 Å². The molecule has 8 heteroatoms. The molecule has 2 aliphatic heterocycles. The molecular weight excluding hydrogens is 478 g/mol. The number of carbonyl (C=O) groups is 2. The Morgan fingerprint density at radius 3 is 2.69 bits per heavy atom. The fourth-order valence-corrected chi connectivity index (χ4v) is 4.22. The summed E-state index contributed by atoms with van der Waals surface area (Å²) in [5.41, 5.74) is 2.08. The summed E-state index contributed by atoms with van der Waals surface area (Å²) in [5.74, 6) is -0.110. The standard InChI is InChI=1S/C24H18BrNO6/c1-13-9-15(5-6-16(13)25)22(27)20-21(18-3-2-8-30-18)26(24(29)23(20)28)11-14-4-7-17-19(10-14)32-12-31-17/h2-10,21,27H,11-12H2,1H3/b22-20-. The van der Waals surface area contributed by atoms with Gasteiger partial charge in [0, 0.05) is 16.6 Å². The first-order chi connectivity index (χ1) is 15.4. The monoisotopic (exact) mass is 495 g/mol. The van der Waals surface area contributed by atoms with Crippen LogP contribution in [0.15, 0.2) is 69.3 Å². The third kappa shape index (κ3) is 3.36. The van der Waals surface area contributed by atoms with Crippen LogP contribution in [-0.4, -0.2) is 28.5 Å². The van der Waals surface area contributed by atoms with E-state index in [1.165, 1.54) is 11.2 Å². The van der Waals surface area contributed by atoms with Gasteiger partial charge in [0.2, 0.25) is 6.79 Å². The molecule has 1 unspecified atom stereocenters. The summed E-state index contributed by atoms with van der Waals surface area (Å²) in [6, 6.07) is 13.1. The van der Waals surface area contributed by atoms with Gasteiger partial charge in [0.05, 0.1) is 11.8 Å². The summed E-state index contributed by atoms with van der Waals surface area (Å²) >= 11 is 3.43. The molecule has 0 radical (unpaired) electrons. The van der Waals surface area contributed by atoms with Crippen LogP contribution in [0.1, 0.15) is 28.5 Å². The van der Waals surface area contributed by atoms with Gasteiger partial charge in [-0.15, -0.1) is 0 Å². The van der Waals surface area contributed by atoms with Crippen molar-refractivity contribution in [1.82, 2.24) is 4.90 Å². The molecule has 1 aromatic heterocycles. The van der Waals surface area contributed by atoms with Gasteiger partial charge in [-0.05, 0) is 54.4 Å². The number of likely N-dealkylation sites (tertiary alicyclic amines) is 1. The van der Waals surface area contributed by atoms with Gasteiger partial charge in [0.15, 0.2) is 11.5 Å². The number of furan rings is 1. The number of hydrogen-bond acceptors (Lipinski definition) is 6.